The van der Waals surface area contributed by atoms with Crippen molar-refractivity contribution in [2.75, 3.05) is 24.5 Å². The van der Waals surface area contributed by atoms with Crippen LogP contribution in [0.3, 0.4) is 0 Å². The Kier molecular flexibility index (Phi) is 4.47. The van der Waals surface area contributed by atoms with Crippen LogP contribution in [0.15, 0.2) is 18.2 Å². The first-order valence-electron chi connectivity index (χ1n) is 7.68. The van der Waals surface area contributed by atoms with Crippen molar-refractivity contribution in [3.05, 3.63) is 29.0 Å². The van der Waals surface area contributed by atoms with E-state index in [1.54, 1.807) is 6.07 Å². The molecule has 0 spiro atoms. The van der Waals surface area contributed by atoms with E-state index in [2.05, 4.69) is 10.2 Å². The van der Waals surface area contributed by atoms with Crippen molar-refractivity contribution in [3.8, 4) is 0 Å². The highest BCUT2D eigenvalue weighted by molar-refractivity contribution is 6.31. The molecule has 1 aromatic rings. The van der Waals surface area contributed by atoms with Gasteiger partial charge in [0.2, 0.25) is 0 Å². The summed E-state index contributed by atoms with van der Waals surface area (Å²) in [7, 11) is 0. The van der Waals surface area contributed by atoms with Crippen LogP contribution in [0.25, 0.3) is 0 Å². The van der Waals surface area contributed by atoms with Crippen LogP contribution < -0.4 is 10.2 Å². The molecule has 0 radical (unpaired) electrons. The Bertz CT molecular complexity index is 460. The van der Waals surface area contributed by atoms with E-state index in [0.29, 0.717) is 11.7 Å². The number of nitrogens with one attached hydrogen (secondary N) is 1. The summed E-state index contributed by atoms with van der Waals surface area (Å²) in [5.41, 5.74) is 0.653. The molecule has 1 aliphatic heterocycles. The van der Waals surface area contributed by atoms with Gasteiger partial charge in [-0.3, -0.25) is 0 Å². The number of hydrogen-bond donors (Lipinski definition) is 1. The SMILES string of the molecule is Fc1c(Cl)cccc1N1CCNC(C2CCCCC2)C1. The molecule has 1 unspecified atom stereocenters. The van der Waals surface area contributed by atoms with Crippen LogP contribution in [0.4, 0.5) is 10.1 Å². The quantitative estimate of drug-likeness (QED) is 0.892. The molecule has 1 aliphatic carbocycles. The smallest absolute Gasteiger partial charge is 0.165 e. The second-order valence-corrected chi connectivity index (χ2v) is 6.38. The van der Waals surface area contributed by atoms with Crippen LogP contribution in [-0.2, 0) is 0 Å². The monoisotopic (exact) mass is 296 g/mol. The predicted molar refractivity (Wildman–Crippen MR) is 82.0 cm³/mol. The van der Waals surface area contributed by atoms with E-state index in [-0.39, 0.29) is 10.8 Å². The Morgan fingerprint density at radius 1 is 1.20 bits per heavy atom. The highest BCUT2D eigenvalue weighted by Gasteiger charge is 2.29. The molecular formula is C16H22ClFN2. The van der Waals surface area contributed by atoms with Crippen molar-refractivity contribution >= 4 is 17.3 Å². The van der Waals surface area contributed by atoms with Crippen molar-refractivity contribution in [3.63, 3.8) is 0 Å². The van der Waals surface area contributed by atoms with Gasteiger partial charge in [0, 0.05) is 25.7 Å². The molecule has 1 saturated carbocycles. The molecule has 4 heteroatoms. The highest BCUT2D eigenvalue weighted by Crippen LogP contribution is 2.30. The molecule has 2 fully saturated rings. The number of rotatable bonds is 2. The maximum Gasteiger partial charge on any atom is 0.165 e. The number of benzene rings is 1. The normalized spacial score (nSPS) is 24.9. The van der Waals surface area contributed by atoms with Crippen LogP contribution >= 0.6 is 11.6 Å². The lowest BCUT2D eigenvalue weighted by atomic mass is 9.83. The third-order valence-corrected chi connectivity index (χ3v) is 4.99. The summed E-state index contributed by atoms with van der Waals surface area (Å²) in [6, 6.07) is 5.77. The first-order valence-corrected chi connectivity index (χ1v) is 8.06. The molecule has 1 saturated heterocycles. The van der Waals surface area contributed by atoms with Gasteiger partial charge in [0.1, 0.15) is 0 Å². The van der Waals surface area contributed by atoms with Gasteiger partial charge in [-0.15, -0.1) is 0 Å². The zero-order valence-electron chi connectivity index (χ0n) is 11.7. The molecule has 3 rings (SSSR count). The number of nitrogens with zero attached hydrogens (tertiary/aromatic N) is 1. The number of anilines is 1. The van der Waals surface area contributed by atoms with Gasteiger partial charge in [0.25, 0.3) is 0 Å². The minimum absolute atomic E-state index is 0.218. The summed E-state index contributed by atoms with van der Waals surface area (Å²) < 4.78 is 14.2. The number of hydrogen-bond acceptors (Lipinski definition) is 2. The lowest BCUT2D eigenvalue weighted by molar-refractivity contribution is 0.257. The molecule has 0 aromatic heterocycles. The fourth-order valence-corrected chi connectivity index (χ4v) is 3.76. The minimum atomic E-state index is -0.279. The van der Waals surface area contributed by atoms with E-state index in [4.69, 9.17) is 11.6 Å². The molecule has 0 bridgehead atoms. The molecule has 0 amide bonds. The van der Waals surface area contributed by atoms with Gasteiger partial charge >= 0.3 is 0 Å². The van der Waals surface area contributed by atoms with E-state index >= 15 is 0 Å². The van der Waals surface area contributed by atoms with Crippen molar-refractivity contribution in [2.24, 2.45) is 5.92 Å². The molecule has 2 aliphatic rings. The second-order valence-electron chi connectivity index (χ2n) is 5.98. The van der Waals surface area contributed by atoms with Gasteiger partial charge in [-0.25, -0.2) is 4.39 Å². The maximum atomic E-state index is 14.2. The summed E-state index contributed by atoms with van der Waals surface area (Å²) in [5, 5.41) is 3.84. The van der Waals surface area contributed by atoms with E-state index in [9.17, 15) is 4.39 Å². The van der Waals surface area contributed by atoms with Gasteiger partial charge in [0.05, 0.1) is 10.7 Å². The zero-order chi connectivity index (χ0) is 13.9. The summed E-state index contributed by atoms with van der Waals surface area (Å²) in [6.45, 7) is 2.66. The van der Waals surface area contributed by atoms with E-state index in [1.165, 1.54) is 32.1 Å². The third kappa shape index (κ3) is 2.94. The fraction of sp³-hybridized carbons (Fsp3) is 0.625. The first-order chi connectivity index (χ1) is 9.75. The molecule has 1 aromatic carbocycles. The zero-order valence-corrected chi connectivity index (χ0v) is 12.5. The van der Waals surface area contributed by atoms with Crippen molar-refractivity contribution in [1.29, 1.82) is 0 Å². The highest BCUT2D eigenvalue weighted by atomic mass is 35.5. The predicted octanol–water partition coefficient (Wildman–Crippen LogP) is 3.84. The van der Waals surface area contributed by atoms with Gasteiger partial charge in [-0.2, -0.15) is 0 Å². The van der Waals surface area contributed by atoms with Gasteiger partial charge in [-0.05, 0) is 30.9 Å². The molecule has 110 valence electrons. The molecule has 20 heavy (non-hydrogen) atoms. The Labute approximate surface area is 125 Å². The van der Waals surface area contributed by atoms with Crippen molar-refractivity contribution in [2.45, 2.75) is 38.1 Å². The van der Waals surface area contributed by atoms with E-state index in [1.807, 2.05) is 12.1 Å². The van der Waals surface area contributed by atoms with Crippen LogP contribution in [0.2, 0.25) is 5.02 Å². The Hall–Kier alpha value is -0.800. The van der Waals surface area contributed by atoms with Crippen molar-refractivity contribution < 1.29 is 4.39 Å². The van der Waals surface area contributed by atoms with Crippen LogP contribution in [0, 0.1) is 11.7 Å². The topological polar surface area (TPSA) is 15.3 Å². The van der Waals surface area contributed by atoms with Crippen LogP contribution in [0.1, 0.15) is 32.1 Å². The lowest BCUT2D eigenvalue weighted by Gasteiger charge is -2.40. The van der Waals surface area contributed by atoms with Crippen molar-refractivity contribution in [1.82, 2.24) is 5.32 Å². The summed E-state index contributed by atoms with van der Waals surface area (Å²) in [6.07, 6.45) is 6.67. The summed E-state index contributed by atoms with van der Waals surface area (Å²) in [4.78, 5) is 2.15. The average Bonchev–Trinajstić information content (AvgIpc) is 2.51. The Morgan fingerprint density at radius 2 is 2.00 bits per heavy atom. The van der Waals surface area contributed by atoms with Gasteiger partial charge < -0.3 is 10.2 Å². The summed E-state index contributed by atoms with van der Waals surface area (Å²) >= 11 is 5.90. The molecule has 1 heterocycles. The largest absolute Gasteiger partial charge is 0.366 e. The number of piperazine rings is 1. The number of halogens is 2. The first kappa shape index (κ1) is 14.2. The second kappa shape index (κ2) is 6.31. The Balaban J connectivity index is 1.72. The average molecular weight is 297 g/mol. The summed E-state index contributed by atoms with van der Waals surface area (Å²) in [5.74, 6) is 0.465. The lowest BCUT2D eigenvalue weighted by Crippen LogP contribution is -2.54. The van der Waals surface area contributed by atoms with Crippen LogP contribution in [0.5, 0.6) is 0 Å². The van der Waals surface area contributed by atoms with E-state index in [0.717, 1.165) is 25.6 Å². The van der Waals surface area contributed by atoms with Gasteiger partial charge in [0.15, 0.2) is 5.82 Å². The standard InChI is InChI=1S/C16H22ClFN2/c17-13-7-4-8-15(16(13)18)20-10-9-19-14(11-20)12-5-2-1-3-6-12/h4,7-8,12,14,19H,1-3,5-6,9-11H2. The molecule has 1 atom stereocenters. The Morgan fingerprint density at radius 3 is 2.80 bits per heavy atom. The molecular weight excluding hydrogens is 275 g/mol. The minimum Gasteiger partial charge on any atom is -0.366 e. The van der Waals surface area contributed by atoms with E-state index < -0.39 is 0 Å². The van der Waals surface area contributed by atoms with Gasteiger partial charge in [-0.1, -0.05) is 36.9 Å². The molecule has 1 N–H and O–H groups in total. The third-order valence-electron chi connectivity index (χ3n) is 4.70. The maximum absolute atomic E-state index is 14.2. The molecule has 2 nitrogen and oxygen atoms in total. The van der Waals surface area contributed by atoms with Crippen LogP contribution in [-0.4, -0.2) is 25.7 Å². The fourth-order valence-electron chi connectivity index (χ4n) is 3.59.